The van der Waals surface area contributed by atoms with Crippen LogP contribution in [0.25, 0.3) is 23.1 Å². The zero-order valence-electron chi connectivity index (χ0n) is 20.1. The molecule has 0 aliphatic carbocycles. The fourth-order valence-corrected chi connectivity index (χ4v) is 4.07. The summed E-state index contributed by atoms with van der Waals surface area (Å²) in [6.07, 6.45) is 6.02. The van der Waals surface area contributed by atoms with Crippen LogP contribution in [0.15, 0.2) is 59.8 Å². The molecule has 0 fully saturated rings. The summed E-state index contributed by atoms with van der Waals surface area (Å²) in [5.41, 5.74) is 5.92. The summed E-state index contributed by atoms with van der Waals surface area (Å²) in [6.45, 7) is 3.63. The van der Waals surface area contributed by atoms with Crippen molar-refractivity contribution >= 4 is 57.4 Å². The summed E-state index contributed by atoms with van der Waals surface area (Å²) in [5.74, 6) is -0.678. The Bertz CT molecular complexity index is 1570. The zero-order chi connectivity index (χ0) is 25.2. The predicted molar refractivity (Wildman–Crippen MR) is 141 cm³/mol. The molecule has 5 rings (SSSR count). The third-order valence-corrected chi connectivity index (χ3v) is 5.93. The molecule has 36 heavy (non-hydrogen) atoms. The molecule has 4 aromatic rings. The molecule has 0 bridgehead atoms. The predicted octanol–water partition coefficient (Wildman–Crippen LogP) is 5.12. The van der Waals surface area contributed by atoms with Crippen LogP contribution < -0.4 is 10.6 Å². The van der Waals surface area contributed by atoms with E-state index in [0.717, 1.165) is 28.0 Å². The molecule has 3 heterocycles. The number of pyridine rings is 1. The van der Waals surface area contributed by atoms with Crippen LogP contribution in [0.3, 0.4) is 0 Å². The van der Waals surface area contributed by atoms with E-state index in [0.29, 0.717) is 29.1 Å². The average molecular weight is 483 g/mol. The first-order valence-electron chi connectivity index (χ1n) is 11.5. The Morgan fingerprint density at radius 2 is 1.97 bits per heavy atom. The molecule has 9 heteroatoms. The highest BCUT2D eigenvalue weighted by Crippen LogP contribution is 2.29. The van der Waals surface area contributed by atoms with Gasteiger partial charge in [0.2, 0.25) is 0 Å². The fourth-order valence-electron chi connectivity index (χ4n) is 4.07. The summed E-state index contributed by atoms with van der Waals surface area (Å²) < 4.78 is 16.4. The van der Waals surface area contributed by atoms with Crippen molar-refractivity contribution in [3.05, 3.63) is 77.5 Å². The van der Waals surface area contributed by atoms with Crippen molar-refractivity contribution in [1.82, 2.24) is 15.2 Å². The van der Waals surface area contributed by atoms with Gasteiger partial charge in [-0.25, -0.2) is 4.39 Å². The minimum Gasteiger partial charge on any atom is -0.353 e. The van der Waals surface area contributed by atoms with Crippen molar-refractivity contribution < 1.29 is 13.9 Å². The Kier molecular flexibility index (Phi) is 6.12. The Balaban J connectivity index is 1.36. The summed E-state index contributed by atoms with van der Waals surface area (Å²) in [5, 5.41) is 18.6. The molecule has 1 aliphatic heterocycles. The lowest BCUT2D eigenvalue weighted by atomic mass is 10.1. The number of hydrogen-bond donors (Lipinski definition) is 3. The van der Waals surface area contributed by atoms with Gasteiger partial charge in [0.25, 0.3) is 5.71 Å². The minimum atomic E-state index is -0.418. The summed E-state index contributed by atoms with van der Waals surface area (Å²) in [4.78, 5) is 17.1. The molecule has 0 spiro atoms. The van der Waals surface area contributed by atoms with Crippen LogP contribution in [-0.4, -0.2) is 44.2 Å². The van der Waals surface area contributed by atoms with Crippen LogP contribution in [0.2, 0.25) is 0 Å². The number of hydrogen-bond acceptors (Lipinski definition) is 5. The van der Waals surface area contributed by atoms with Gasteiger partial charge in [-0.3, -0.25) is 14.9 Å². The van der Waals surface area contributed by atoms with Crippen LogP contribution in [-0.2, 0) is 4.79 Å². The molecule has 0 saturated heterocycles. The first-order valence-corrected chi connectivity index (χ1v) is 11.5. The third-order valence-electron chi connectivity index (χ3n) is 5.93. The van der Waals surface area contributed by atoms with Gasteiger partial charge in [-0.2, -0.15) is 5.10 Å². The Morgan fingerprint density at radius 1 is 1.11 bits per heavy atom. The van der Waals surface area contributed by atoms with Gasteiger partial charge in [0.05, 0.1) is 34.7 Å². The van der Waals surface area contributed by atoms with Crippen molar-refractivity contribution in [1.29, 1.82) is 0 Å². The van der Waals surface area contributed by atoms with E-state index < -0.39 is 5.82 Å². The molecule has 1 amide bonds. The van der Waals surface area contributed by atoms with E-state index >= 15 is 0 Å². The summed E-state index contributed by atoms with van der Waals surface area (Å²) in [7, 11) is 1.74. The Hall–Kier alpha value is -4.66. The Labute approximate surface area is 207 Å². The molecule has 0 atom stereocenters. The van der Waals surface area contributed by atoms with Crippen molar-refractivity contribution in [2.75, 3.05) is 17.7 Å². The van der Waals surface area contributed by atoms with E-state index in [1.165, 1.54) is 6.07 Å². The zero-order valence-corrected chi connectivity index (χ0v) is 20.1. The second-order valence-corrected chi connectivity index (χ2v) is 8.67. The second kappa shape index (κ2) is 9.53. The number of anilines is 3. The number of fused-ring (bicyclic) bond motifs is 1. The molecule has 0 saturated carbocycles. The number of carbonyl (C=O) groups excluding carboxylic acids is 1. The van der Waals surface area contributed by atoms with Gasteiger partial charge in [0.1, 0.15) is 5.82 Å². The molecule has 3 N–H and O–H groups in total. The SMILES string of the molecule is CC1=N[N+](C)=C(C(=O)Nc2cc(Nc3ccc4c(/C=C/c5ccccn5)n[nH]c4c3)c(F)cc2C)C1. The lowest BCUT2D eigenvalue weighted by Crippen LogP contribution is -2.27. The highest BCUT2D eigenvalue weighted by atomic mass is 19.1. The lowest BCUT2D eigenvalue weighted by molar-refractivity contribution is -0.498. The fraction of sp³-hybridized carbons (Fsp3) is 0.148. The van der Waals surface area contributed by atoms with Crippen LogP contribution in [0.5, 0.6) is 0 Å². The number of amides is 1. The average Bonchev–Trinajstić information content (AvgIpc) is 3.42. The molecular formula is C27H25FN7O+. The lowest BCUT2D eigenvalue weighted by Gasteiger charge is -2.13. The van der Waals surface area contributed by atoms with Crippen LogP contribution in [0.1, 0.15) is 30.3 Å². The molecule has 8 nitrogen and oxygen atoms in total. The number of rotatable bonds is 6. The highest BCUT2D eigenvalue weighted by Gasteiger charge is 2.28. The number of nitrogens with one attached hydrogen (secondary N) is 3. The topological polar surface area (TPSA) is 98.1 Å². The first-order chi connectivity index (χ1) is 17.4. The second-order valence-electron chi connectivity index (χ2n) is 8.67. The number of halogens is 1. The first kappa shape index (κ1) is 23.1. The van der Waals surface area contributed by atoms with E-state index in [4.69, 9.17) is 0 Å². The van der Waals surface area contributed by atoms with E-state index in [2.05, 4.69) is 30.9 Å². The third kappa shape index (κ3) is 4.76. The number of benzene rings is 2. The van der Waals surface area contributed by atoms with Gasteiger partial charge < -0.3 is 10.6 Å². The van der Waals surface area contributed by atoms with Crippen molar-refractivity contribution in [3.8, 4) is 0 Å². The number of H-pyrrole nitrogens is 1. The van der Waals surface area contributed by atoms with Gasteiger partial charge in [0.15, 0.2) is 7.05 Å². The molecule has 0 radical (unpaired) electrons. The van der Waals surface area contributed by atoms with Crippen LogP contribution in [0, 0.1) is 12.7 Å². The number of aromatic amines is 1. The monoisotopic (exact) mass is 482 g/mol. The standard InChI is InChI=1S/C27H24FN7O/c1-16-12-21(28)25(15-23(16)31-27(36)26-13-17(2)34-35(26)3)30-19-7-9-20-22(32-33-24(20)14-19)10-8-18-6-4-5-11-29-18/h4-12,14-15,31,36H,13H2,1-3H3/p+1/b10-8+. The van der Waals surface area contributed by atoms with E-state index in [-0.39, 0.29) is 11.6 Å². The van der Waals surface area contributed by atoms with Gasteiger partial charge in [-0.05, 0) is 79.1 Å². The summed E-state index contributed by atoms with van der Waals surface area (Å²) in [6, 6.07) is 14.4. The quantitative estimate of drug-likeness (QED) is 0.332. The van der Waals surface area contributed by atoms with Crippen molar-refractivity contribution in [2.24, 2.45) is 5.10 Å². The van der Waals surface area contributed by atoms with E-state index in [1.807, 2.05) is 55.5 Å². The minimum absolute atomic E-state index is 0.252. The van der Waals surface area contributed by atoms with E-state index in [9.17, 15) is 9.18 Å². The number of carbonyl (C=O) groups is 1. The summed E-state index contributed by atoms with van der Waals surface area (Å²) >= 11 is 0. The molecule has 0 unspecified atom stereocenters. The highest BCUT2D eigenvalue weighted by molar-refractivity contribution is 6.44. The number of aromatic nitrogens is 3. The maximum Gasteiger partial charge on any atom is 0.318 e. The number of nitrogens with zero attached hydrogens (tertiary/aromatic N) is 4. The molecular weight excluding hydrogens is 457 g/mol. The van der Waals surface area contributed by atoms with Gasteiger partial charge in [-0.15, -0.1) is 0 Å². The van der Waals surface area contributed by atoms with Crippen molar-refractivity contribution in [3.63, 3.8) is 0 Å². The van der Waals surface area contributed by atoms with Crippen LogP contribution in [0.4, 0.5) is 21.5 Å². The molecule has 2 aromatic carbocycles. The van der Waals surface area contributed by atoms with Crippen molar-refractivity contribution in [2.45, 2.75) is 20.3 Å². The smallest absolute Gasteiger partial charge is 0.318 e. The van der Waals surface area contributed by atoms with Gasteiger partial charge >= 0.3 is 5.91 Å². The maximum absolute atomic E-state index is 14.8. The molecule has 2 aromatic heterocycles. The normalized spacial score (nSPS) is 13.5. The Morgan fingerprint density at radius 3 is 2.72 bits per heavy atom. The molecule has 180 valence electrons. The largest absolute Gasteiger partial charge is 0.353 e. The number of hydrazone groups is 1. The van der Waals surface area contributed by atoms with Gasteiger partial charge in [-0.1, -0.05) is 10.8 Å². The van der Waals surface area contributed by atoms with Gasteiger partial charge in [0, 0.05) is 23.0 Å². The maximum atomic E-state index is 14.8. The number of aryl methyl sites for hydroxylation is 1. The van der Waals surface area contributed by atoms with Crippen LogP contribution >= 0.6 is 0 Å². The molecule has 1 aliphatic rings. The van der Waals surface area contributed by atoms with E-state index in [1.54, 1.807) is 30.9 Å².